The molecule has 0 aliphatic heterocycles. The molecule has 3 atom stereocenters. The van der Waals surface area contributed by atoms with Crippen molar-refractivity contribution in [2.24, 2.45) is 0 Å². The number of aliphatic hydroxyl groups excluding tert-OH is 1. The smallest absolute Gasteiger partial charge is 0.268 e. The van der Waals surface area contributed by atoms with E-state index in [0.29, 0.717) is 17.4 Å². The van der Waals surface area contributed by atoms with E-state index in [1.807, 2.05) is 27.2 Å². The SMILES string of the molecule is CC/C=C\C/C=C\C/C=C\C/C=C\CCCCCCCCCCCCCCCCCCCCCCC(=O)NC(COP(=O)([O-])OCC[N+](C)(C)C)C(O)/C=C/CC/C=C/CCCCCCCCCCCCCCCCCCCCCCCCCCCC. The summed E-state index contributed by atoms with van der Waals surface area (Å²) in [4.78, 5) is 25.7. The van der Waals surface area contributed by atoms with E-state index in [-0.39, 0.29) is 12.5 Å². The molecular formula is C78H147N2O6P. The normalized spacial score (nSPS) is 14.0. The summed E-state index contributed by atoms with van der Waals surface area (Å²) < 4.78 is 23.5. The summed E-state index contributed by atoms with van der Waals surface area (Å²) in [5.74, 6) is -0.202. The molecule has 2 N–H and O–H groups in total. The number of amides is 1. The van der Waals surface area contributed by atoms with Crippen molar-refractivity contribution in [3.8, 4) is 0 Å². The molecule has 0 saturated carbocycles. The van der Waals surface area contributed by atoms with Gasteiger partial charge in [0.2, 0.25) is 5.91 Å². The van der Waals surface area contributed by atoms with E-state index in [1.54, 1.807) is 6.08 Å². The summed E-state index contributed by atoms with van der Waals surface area (Å²) in [5.41, 5.74) is 0. The molecule has 0 saturated heterocycles. The molecule has 1 amide bonds. The first kappa shape index (κ1) is 84.9. The fourth-order valence-electron chi connectivity index (χ4n) is 11.3. The molecule has 510 valence electrons. The van der Waals surface area contributed by atoms with Crippen LogP contribution in [-0.2, 0) is 18.4 Å². The molecule has 9 heteroatoms. The Morgan fingerprint density at radius 3 is 1.07 bits per heavy atom. The summed E-state index contributed by atoms with van der Waals surface area (Å²) >= 11 is 0. The Kier molecular flexibility index (Phi) is 66.7. The molecule has 8 nitrogen and oxygen atoms in total. The third-order valence-corrected chi connectivity index (χ3v) is 18.1. The topological polar surface area (TPSA) is 108 Å². The van der Waals surface area contributed by atoms with Crippen molar-refractivity contribution in [3.63, 3.8) is 0 Å². The van der Waals surface area contributed by atoms with E-state index in [0.717, 1.165) is 64.2 Å². The van der Waals surface area contributed by atoms with Crippen LogP contribution in [0.2, 0.25) is 0 Å². The van der Waals surface area contributed by atoms with E-state index in [2.05, 4.69) is 79.9 Å². The predicted molar refractivity (Wildman–Crippen MR) is 380 cm³/mol. The number of nitrogens with one attached hydrogen (secondary N) is 1. The lowest BCUT2D eigenvalue weighted by atomic mass is 10.0. The maximum atomic E-state index is 13.1. The van der Waals surface area contributed by atoms with Crippen LogP contribution in [0.25, 0.3) is 0 Å². The van der Waals surface area contributed by atoms with Gasteiger partial charge in [-0.15, -0.1) is 0 Å². The van der Waals surface area contributed by atoms with Crippen molar-refractivity contribution < 1.29 is 32.9 Å². The van der Waals surface area contributed by atoms with Gasteiger partial charge in [0.05, 0.1) is 39.9 Å². The number of unbranched alkanes of at least 4 members (excludes halogenated alkanes) is 47. The van der Waals surface area contributed by atoms with Crippen LogP contribution in [-0.4, -0.2) is 68.5 Å². The predicted octanol–water partition coefficient (Wildman–Crippen LogP) is 23.9. The quantitative estimate of drug-likeness (QED) is 0.0272. The average molecular weight is 1240 g/mol. The van der Waals surface area contributed by atoms with Crippen molar-refractivity contribution in [1.29, 1.82) is 0 Å². The number of phosphoric acid groups is 1. The van der Waals surface area contributed by atoms with Crippen LogP contribution in [0.3, 0.4) is 0 Å². The minimum Gasteiger partial charge on any atom is -0.756 e. The number of rotatable bonds is 70. The Morgan fingerprint density at radius 1 is 0.414 bits per heavy atom. The van der Waals surface area contributed by atoms with Gasteiger partial charge in [0, 0.05) is 6.42 Å². The van der Waals surface area contributed by atoms with E-state index < -0.39 is 26.6 Å². The highest BCUT2D eigenvalue weighted by Gasteiger charge is 2.23. The van der Waals surface area contributed by atoms with Crippen molar-refractivity contribution in [3.05, 3.63) is 72.9 Å². The molecule has 3 unspecified atom stereocenters. The third kappa shape index (κ3) is 71.2. The van der Waals surface area contributed by atoms with Gasteiger partial charge in [-0.1, -0.05) is 363 Å². The standard InChI is InChI=1S/C78H147N2O6P/c1-6-8-10-12-14-16-18-20-22-24-26-28-30-32-34-36-38-40-42-44-46-48-50-52-54-56-58-60-62-64-66-68-70-72-78(82)79-76(75-86-87(83,84)85-74-73-80(3,4)5)77(81)71-69-67-65-63-61-59-57-55-53-51-49-47-45-43-41-39-37-35-33-31-29-27-25-23-21-19-17-15-13-11-9-7-2/h8,10,14,16,20,22,26,28,61,63,69,71,76-77,81H,6-7,9,11-13,15,17-19,21,23-25,27,29-60,62,64-68,70,72-75H2,1-5H3,(H-,79,82,83,84)/b10-8-,16-14-,22-20-,28-26-,63-61+,71-69+. The maximum Gasteiger partial charge on any atom is 0.268 e. The van der Waals surface area contributed by atoms with Crippen LogP contribution in [0, 0.1) is 0 Å². The van der Waals surface area contributed by atoms with Gasteiger partial charge in [0.15, 0.2) is 0 Å². The van der Waals surface area contributed by atoms with Gasteiger partial charge in [0.25, 0.3) is 7.82 Å². The van der Waals surface area contributed by atoms with Crippen LogP contribution < -0.4 is 10.2 Å². The van der Waals surface area contributed by atoms with E-state index >= 15 is 0 Å². The Morgan fingerprint density at radius 2 is 0.713 bits per heavy atom. The first-order valence-electron chi connectivity index (χ1n) is 37.8. The summed E-state index contributed by atoms with van der Waals surface area (Å²) in [7, 11) is 1.26. The van der Waals surface area contributed by atoms with Crippen LogP contribution in [0.5, 0.6) is 0 Å². The van der Waals surface area contributed by atoms with Crippen molar-refractivity contribution >= 4 is 13.7 Å². The average Bonchev–Trinajstić information content (AvgIpc) is 3.71. The maximum absolute atomic E-state index is 13.1. The van der Waals surface area contributed by atoms with Gasteiger partial charge >= 0.3 is 0 Å². The number of likely N-dealkylation sites (N-methyl/N-ethyl adjacent to an activating group) is 1. The molecule has 0 radical (unpaired) electrons. The molecule has 0 fully saturated rings. The lowest BCUT2D eigenvalue weighted by molar-refractivity contribution is -0.870. The fraction of sp³-hybridized carbons (Fsp3) is 0.833. The largest absolute Gasteiger partial charge is 0.756 e. The van der Waals surface area contributed by atoms with Crippen LogP contribution in [0.15, 0.2) is 72.9 Å². The second-order valence-corrected chi connectivity index (χ2v) is 28.4. The van der Waals surface area contributed by atoms with E-state index in [4.69, 9.17) is 9.05 Å². The highest BCUT2D eigenvalue weighted by molar-refractivity contribution is 7.45. The van der Waals surface area contributed by atoms with Crippen LogP contribution in [0.1, 0.15) is 367 Å². The molecule has 0 aliphatic carbocycles. The number of carbonyl (C=O) groups is 1. The highest BCUT2D eigenvalue weighted by atomic mass is 31.2. The summed E-state index contributed by atoms with van der Waals surface area (Å²) in [6, 6.07) is -0.907. The lowest BCUT2D eigenvalue weighted by Gasteiger charge is -2.29. The van der Waals surface area contributed by atoms with Gasteiger partial charge in [-0.25, -0.2) is 0 Å². The highest BCUT2D eigenvalue weighted by Crippen LogP contribution is 2.38. The molecule has 0 aromatic rings. The van der Waals surface area contributed by atoms with Crippen molar-refractivity contribution in [2.45, 2.75) is 379 Å². The van der Waals surface area contributed by atoms with Gasteiger partial charge < -0.3 is 28.8 Å². The zero-order valence-electron chi connectivity index (χ0n) is 58.5. The number of allylic oxidation sites excluding steroid dienone is 11. The van der Waals surface area contributed by atoms with Gasteiger partial charge in [-0.3, -0.25) is 9.36 Å². The van der Waals surface area contributed by atoms with Crippen molar-refractivity contribution in [1.82, 2.24) is 5.32 Å². The molecule has 0 aromatic heterocycles. The molecule has 87 heavy (non-hydrogen) atoms. The number of carbonyl (C=O) groups excluding carboxylic acids is 1. The molecule has 0 bridgehead atoms. The molecule has 0 rings (SSSR count). The summed E-state index contributed by atoms with van der Waals surface area (Å²) in [5, 5.41) is 14.0. The minimum absolute atomic E-state index is 0.00644. The fourth-order valence-corrected chi connectivity index (χ4v) is 12.1. The molecule has 0 aromatic carbocycles. The minimum atomic E-state index is -4.62. The third-order valence-electron chi connectivity index (χ3n) is 17.2. The number of aliphatic hydroxyl groups is 1. The first-order chi connectivity index (χ1) is 42.5. The first-order valence-corrected chi connectivity index (χ1v) is 39.3. The Labute approximate surface area is 542 Å². The molecule has 0 heterocycles. The molecule has 0 aliphatic rings. The Balaban J connectivity index is 4.03. The van der Waals surface area contributed by atoms with Gasteiger partial charge in [-0.05, 0) is 70.6 Å². The number of nitrogens with zero attached hydrogens (tertiary/aromatic N) is 1. The monoisotopic (exact) mass is 1240 g/mol. The van der Waals surface area contributed by atoms with E-state index in [1.165, 1.54) is 283 Å². The van der Waals surface area contributed by atoms with Crippen LogP contribution >= 0.6 is 7.82 Å². The van der Waals surface area contributed by atoms with Crippen molar-refractivity contribution in [2.75, 3.05) is 40.9 Å². The Hall–Kier alpha value is -2.06. The number of hydrogen-bond donors (Lipinski definition) is 2. The number of phosphoric ester groups is 1. The van der Waals surface area contributed by atoms with Crippen LogP contribution in [0.4, 0.5) is 0 Å². The lowest BCUT2D eigenvalue weighted by Crippen LogP contribution is -2.45. The summed E-state index contributed by atoms with van der Waals surface area (Å²) in [6.45, 7) is 4.57. The van der Waals surface area contributed by atoms with Gasteiger partial charge in [-0.2, -0.15) is 0 Å². The van der Waals surface area contributed by atoms with Gasteiger partial charge in [0.1, 0.15) is 13.2 Å². The molecule has 0 spiro atoms. The second-order valence-electron chi connectivity index (χ2n) is 27.0. The zero-order chi connectivity index (χ0) is 63.4. The summed E-state index contributed by atoms with van der Waals surface area (Å²) in [6.07, 6.45) is 96.3. The second kappa shape index (κ2) is 68.3. The zero-order valence-corrected chi connectivity index (χ0v) is 59.4. The van der Waals surface area contributed by atoms with E-state index in [9.17, 15) is 19.4 Å². The number of quaternary nitrogens is 1. The number of hydrogen-bond acceptors (Lipinski definition) is 6. The Bertz CT molecular complexity index is 1650. The molecular weight excluding hydrogens is 1090 g/mol.